The van der Waals surface area contributed by atoms with Crippen molar-refractivity contribution in [2.75, 3.05) is 39.3 Å². The molecule has 1 aliphatic heterocycles. The molecular weight excluding hydrogens is 344 g/mol. The van der Waals surface area contributed by atoms with Gasteiger partial charge in [0.15, 0.2) is 5.09 Å². The van der Waals surface area contributed by atoms with E-state index in [0.29, 0.717) is 0 Å². The van der Waals surface area contributed by atoms with Crippen molar-refractivity contribution < 1.29 is 9.52 Å². The zero-order valence-corrected chi connectivity index (χ0v) is 15.2. The third-order valence-electron chi connectivity index (χ3n) is 4.15. The lowest BCUT2D eigenvalue weighted by Gasteiger charge is -2.34. The van der Waals surface area contributed by atoms with Crippen molar-refractivity contribution in [3.05, 3.63) is 47.2 Å². The molecule has 0 aliphatic carbocycles. The van der Waals surface area contributed by atoms with Gasteiger partial charge in [-0.3, -0.25) is 4.90 Å². The Balaban J connectivity index is 1.47. The molecule has 4 nitrogen and oxygen atoms in total. The standard InChI is InChI=1S/C18H23ClN2O2S/c19-15-2-5-17(6-3-15)24-18-7-4-16(23-18)14-21-11-9-20(10-12-21)8-1-13-22/h2-7,22H,1,8-14H2. The molecule has 1 aromatic carbocycles. The van der Waals surface area contributed by atoms with Crippen molar-refractivity contribution in [2.45, 2.75) is 23.0 Å². The van der Waals surface area contributed by atoms with Gasteiger partial charge in [0, 0.05) is 49.2 Å². The number of aliphatic hydroxyl groups excluding tert-OH is 1. The van der Waals surface area contributed by atoms with Crippen LogP contribution in [0.2, 0.25) is 5.02 Å². The lowest BCUT2D eigenvalue weighted by atomic mass is 10.3. The summed E-state index contributed by atoms with van der Waals surface area (Å²) in [5.41, 5.74) is 0. The van der Waals surface area contributed by atoms with Crippen molar-refractivity contribution in [3.8, 4) is 0 Å². The molecule has 2 aromatic rings. The third kappa shape index (κ3) is 5.26. The largest absolute Gasteiger partial charge is 0.453 e. The van der Waals surface area contributed by atoms with Crippen LogP contribution in [0.5, 0.6) is 0 Å². The molecule has 0 saturated carbocycles. The van der Waals surface area contributed by atoms with Gasteiger partial charge in [0.05, 0.1) is 6.54 Å². The highest BCUT2D eigenvalue weighted by atomic mass is 35.5. The molecule has 1 N–H and O–H groups in total. The Hall–Kier alpha value is -0.980. The van der Waals surface area contributed by atoms with E-state index in [9.17, 15) is 0 Å². The predicted octanol–water partition coefficient (Wildman–Crippen LogP) is 3.58. The minimum atomic E-state index is 0.278. The molecule has 0 bridgehead atoms. The van der Waals surface area contributed by atoms with Gasteiger partial charge < -0.3 is 14.4 Å². The Morgan fingerprint density at radius 3 is 2.42 bits per heavy atom. The number of hydrogen-bond acceptors (Lipinski definition) is 5. The SMILES string of the molecule is OCCCN1CCN(Cc2ccc(Sc3ccc(Cl)cc3)o2)CC1. The first-order valence-electron chi connectivity index (χ1n) is 8.30. The Morgan fingerprint density at radius 1 is 1.00 bits per heavy atom. The van der Waals surface area contributed by atoms with Gasteiger partial charge >= 0.3 is 0 Å². The second-order valence-corrected chi connectivity index (χ2v) is 7.49. The quantitative estimate of drug-likeness (QED) is 0.810. The Labute approximate surface area is 152 Å². The van der Waals surface area contributed by atoms with E-state index < -0.39 is 0 Å². The van der Waals surface area contributed by atoms with Crippen LogP contribution in [0.3, 0.4) is 0 Å². The number of piperazine rings is 1. The van der Waals surface area contributed by atoms with Crippen LogP contribution in [0.4, 0.5) is 0 Å². The fraction of sp³-hybridized carbons (Fsp3) is 0.444. The fourth-order valence-electron chi connectivity index (χ4n) is 2.80. The topological polar surface area (TPSA) is 39.9 Å². The van der Waals surface area contributed by atoms with Gasteiger partial charge in [-0.25, -0.2) is 0 Å². The van der Waals surface area contributed by atoms with Crippen LogP contribution in [0.25, 0.3) is 0 Å². The van der Waals surface area contributed by atoms with E-state index in [1.165, 1.54) is 0 Å². The first kappa shape index (κ1) is 17.8. The number of aliphatic hydroxyl groups is 1. The third-order valence-corrected chi connectivity index (χ3v) is 5.33. The Morgan fingerprint density at radius 2 is 1.71 bits per heavy atom. The summed E-state index contributed by atoms with van der Waals surface area (Å²) in [4.78, 5) is 5.96. The summed E-state index contributed by atoms with van der Waals surface area (Å²) < 4.78 is 5.95. The van der Waals surface area contributed by atoms with Gasteiger partial charge in [0.2, 0.25) is 0 Å². The smallest absolute Gasteiger partial charge is 0.165 e. The molecule has 6 heteroatoms. The zero-order chi connectivity index (χ0) is 16.8. The minimum Gasteiger partial charge on any atom is -0.453 e. The predicted molar refractivity (Wildman–Crippen MR) is 97.7 cm³/mol. The molecule has 3 rings (SSSR count). The lowest BCUT2D eigenvalue weighted by molar-refractivity contribution is 0.113. The van der Waals surface area contributed by atoms with Crippen molar-refractivity contribution in [2.24, 2.45) is 0 Å². The van der Waals surface area contributed by atoms with Gasteiger partial charge in [-0.1, -0.05) is 23.4 Å². The molecule has 0 amide bonds. The molecule has 1 aromatic heterocycles. The average molecular weight is 367 g/mol. The van der Waals surface area contributed by atoms with Crippen molar-refractivity contribution in [1.29, 1.82) is 0 Å². The summed E-state index contributed by atoms with van der Waals surface area (Å²) in [7, 11) is 0. The molecule has 0 atom stereocenters. The summed E-state index contributed by atoms with van der Waals surface area (Å²) in [5, 5.41) is 10.6. The van der Waals surface area contributed by atoms with Crippen LogP contribution >= 0.6 is 23.4 Å². The second-order valence-electron chi connectivity index (χ2n) is 5.97. The molecule has 24 heavy (non-hydrogen) atoms. The summed E-state index contributed by atoms with van der Waals surface area (Å²) in [6.45, 7) is 6.35. The lowest BCUT2D eigenvalue weighted by Crippen LogP contribution is -2.46. The first-order valence-corrected chi connectivity index (χ1v) is 9.50. The highest BCUT2D eigenvalue weighted by molar-refractivity contribution is 7.99. The maximum absolute atomic E-state index is 8.91. The number of hydrogen-bond donors (Lipinski definition) is 1. The summed E-state index contributed by atoms with van der Waals surface area (Å²) in [6.07, 6.45) is 0.865. The maximum atomic E-state index is 8.91. The zero-order valence-electron chi connectivity index (χ0n) is 13.7. The van der Waals surface area contributed by atoms with E-state index >= 15 is 0 Å². The van der Waals surface area contributed by atoms with Crippen LogP contribution in [-0.2, 0) is 6.54 Å². The van der Waals surface area contributed by atoms with Crippen LogP contribution in [-0.4, -0.2) is 54.2 Å². The molecule has 0 radical (unpaired) electrons. The minimum absolute atomic E-state index is 0.278. The van der Waals surface area contributed by atoms with E-state index in [1.807, 2.05) is 30.3 Å². The molecular formula is C18H23ClN2O2S. The van der Waals surface area contributed by atoms with Crippen molar-refractivity contribution in [1.82, 2.24) is 9.80 Å². The van der Waals surface area contributed by atoms with Gasteiger partial charge in [0.25, 0.3) is 0 Å². The molecule has 0 unspecified atom stereocenters. The van der Waals surface area contributed by atoms with Gasteiger partial charge in [-0.05, 0) is 42.8 Å². The fourth-order valence-corrected chi connectivity index (χ4v) is 3.72. The summed E-state index contributed by atoms with van der Waals surface area (Å²) >= 11 is 7.52. The van der Waals surface area contributed by atoms with E-state index in [4.69, 9.17) is 21.1 Å². The van der Waals surface area contributed by atoms with E-state index in [-0.39, 0.29) is 6.61 Å². The second kappa shape index (κ2) is 8.92. The molecule has 0 spiro atoms. The normalized spacial score (nSPS) is 16.6. The molecule has 1 saturated heterocycles. The van der Waals surface area contributed by atoms with E-state index in [1.54, 1.807) is 11.8 Å². The molecule has 130 valence electrons. The monoisotopic (exact) mass is 366 g/mol. The van der Waals surface area contributed by atoms with Crippen LogP contribution < -0.4 is 0 Å². The highest BCUT2D eigenvalue weighted by Crippen LogP contribution is 2.30. The summed E-state index contributed by atoms with van der Waals surface area (Å²) in [6, 6.07) is 11.9. The highest BCUT2D eigenvalue weighted by Gasteiger charge is 2.17. The van der Waals surface area contributed by atoms with Gasteiger partial charge in [-0.2, -0.15) is 0 Å². The number of rotatable bonds is 7. The first-order chi connectivity index (χ1) is 11.7. The molecule has 1 fully saturated rings. The van der Waals surface area contributed by atoms with Crippen LogP contribution in [0.15, 0.2) is 50.8 Å². The van der Waals surface area contributed by atoms with Crippen LogP contribution in [0.1, 0.15) is 12.2 Å². The number of benzene rings is 1. The number of furan rings is 1. The van der Waals surface area contributed by atoms with Crippen LogP contribution in [0, 0.1) is 0 Å². The maximum Gasteiger partial charge on any atom is 0.165 e. The number of halogens is 1. The summed E-state index contributed by atoms with van der Waals surface area (Å²) in [5.74, 6) is 1.01. The van der Waals surface area contributed by atoms with E-state index in [2.05, 4.69) is 15.9 Å². The van der Waals surface area contributed by atoms with Crippen molar-refractivity contribution in [3.63, 3.8) is 0 Å². The van der Waals surface area contributed by atoms with Gasteiger partial charge in [-0.15, -0.1) is 0 Å². The average Bonchev–Trinajstić information content (AvgIpc) is 3.03. The number of nitrogens with zero attached hydrogens (tertiary/aromatic N) is 2. The van der Waals surface area contributed by atoms with E-state index in [0.717, 1.165) is 66.5 Å². The Kier molecular flexibility index (Phi) is 6.63. The molecule has 2 heterocycles. The molecule has 1 aliphatic rings. The Bertz CT molecular complexity index is 624. The van der Waals surface area contributed by atoms with Gasteiger partial charge in [0.1, 0.15) is 5.76 Å². The van der Waals surface area contributed by atoms with Crippen molar-refractivity contribution >= 4 is 23.4 Å².